The fourth-order valence-electron chi connectivity index (χ4n) is 1.50. The third kappa shape index (κ3) is 3.90. The molecule has 1 unspecified atom stereocenters. The highest BCUT2D eigenvalue weighted by molar-refractivity contribution is 7.88. The first-order valence-corrected chi connectivity index (χ1v) is 7.20. The van der Waals surface area contributed by atoms with Crippen LogP contribution in [0.1, 0.15) is 37.3 Å². The molecule has 0 spiro atoms. The number of hydrogen-bond donors (Lipinski definition) is 1. The first kappa shape index (κ1) is 13.1. The normalized spacial score (nSPS) is 13.7. The van der Waals surface area contributed by atoms with Crippen molar-refractivity contribution in [3.8, 4) is 0 Å². The SMILES string of the molecule is CCC(C)c1ccncc1CNS(C)(=O)=O. The Kier molecular flexibility index (Phi) is 4.44. The van der Waals surface area contributed by atoms with Crippen molar-refractivity contribution in [3.05, 3.63) is 29.6 Å². The lowest BCUT2D eigenvalue weighted by Crippen LogP contribution is -2.22. The second kappa shape index (κ2) is 5.41. The van der Waals surface area contributed by atoms with Gasteiger partial charge in [-0.05, 0) is 29.5 Å². The Bertz CT molecular complexity index is 443. The number of rotatable bonds is 5. The molecule has 5 heteroatoms. The number of nitrogens with one attached hydrogen (secondary N) is 1. The van der Waals surface area contributed by atoms with Gasteiger partial charge in [-0.25, -0.2) is 13.1 Å². The predicted octanol–water partition coefficient (Wildman–Crippen LogP) is 1.64. The van der Waals surface area contributed by atoms with E-state index >= 15 is 0 Å². The number of pyridine rings is 1. The molecule has 0 bridgehead atoms. The molecule has 0 aliphatic carbocycles. The van der Waals surface area contributed by atoms with Crippen LogP contribution < -0.4 is 4.72 Å². The van der Waals surface area contributed by atoms with Crippen molar-refractivity contribution in [2.45, 2.75) is 32.7 Å². The third-order valence-corrected chi connectivity index (χ3v) is 3.28. The fourth-order valence-corrected chi connectivity index (χ4v) is 1.91. The fraction of sp³-hybridized carbons (Fsp3) is 0.545. The third-order valence-electron chi connectivity index (χ3n) is 2.61. The molecule has 1 N–H and O–H groups in total. The van der Waals surface area contributed by atoms with Crippen LogP contribution in [0.2, 0.25) is 0 Å². The average Bonchev–Trinajstić information content (AvgIpc) is 2.25. The van der Waals surface area contributed by atoms with E-state index in [2.05, 4.69) is 23.6 Å². The van der Waals surface area contributed by atoms with Gasteiger partial charge in [0.05, 0.1) is 6.26 Å². The van der Waals surface area contributed by atoms with Crippen LogP contribution in [-0.2, 0) is 16.6 Å². The molecule has 0 fully saturated rings. The minimum Gasteiger partial charge on any atom is -0.264 e. The number of aromatic nitrogens is 1. The Hall–Kier alpha value is -0.940. The monoisotopic (exact) mass is 242 g/mol. The molecule has 90 valence electrons. The summed E-state index contributed by atoms with van der Waals surface area (Å²) < 4.78 is 24.5. The Labute approximate surface area is 97.2 Å². The second-order valence-electron chi connectivity index (χ2n) is 3.98. The summed E-state index contributed by atoms with van der Waals surface area (Å²) in [5, 5.41) is 0. The van der Waals surface area contributed by atoms with Gasteiger partial charge in [0.2, 0.25) is 10.0 Å². The van der Waals surface area contributed by atoms with E-state index in [0.29, 0.717) is 12.5 Å². The van der Waals surface area contributed by atoms with E-state index in [-0.39, 0.29) is 0 Å². The first-order chi connectivity index (χ1) is 7.44. The smallest absolute Gasteiger partial charge is 0.209 e. The van der Waals surface area contributed by atoms with Gasteiger partial charge in [0.25, 0.3) is 0 Å². The molecule has 4 nitrogen and oxygen atoms in total. The molecular weight excluding hydrogens is 224 g/mol. The van der Waals surface area contributed by atoms with Crippen LogP contribution in [0.4, 0.5) is 0 Å². The van der Waals surface area contributed by atoms with Crippen molar-refractivity contribution < 1.29 is 8.42 Å². The van der Waals surface area contributed by atoms with Crippen LogP contribution in [0.25, 0.3) is 0 Å². The van der Waals surface area contributed by atoms with Crippen molar-refractivity contribution in [1.82, 2.24) is 9.71 Å². The van der Waals surface area contributed by atoms with Crippen molar-refractivity contribution in [2.24, 2.45) is 0 Å². The molecule has 0 saturated heterocycles. The first-order valence-electron chi connectivity index (χ1n) is 5.31. The lowest BCUT2D eigenvalue weighted by Gasteiger charge is -2.14. The van der Waals surface area contributed by atoms with Crippen LogP contribution in [-0.4, -0.2) is 19.7 Å². The van der Waals surface area contributed by atoms with E-state index in [4.69, 9.17) is 0 Å². The van der Waals surface area contributed by atoms with Gasteiger partial charge in [-0.15, -0.1) is 0 Å². The molecular formula is C11H18N2O2S. The van der Waals surface area contributed by atoms with E-state index in [1.54, 1.807) is 12.4 Å². The van der Waals surface area contributed by atoms with Crippen molar-refractivity contribution in [3.63, 3.8) is 0 Å². The van der Waals surface area contributed by atoms with Crippen LogP contribution in [0.15, 0.2) is 18.5 Å². The summed E-state index contributed by atoms with van der Waals surface area (Å²) in [7, 11) is -3.15. The zero-order chi connectivity index (χ0) is 12.2. The molecule has 16 heavy (non-hydrogen) atoms. The Balaban J connectivity index is 2.87. The summed E-state index contributed by atoms with van der Waals surface area (Å²) >= 11 is 0. The van der Waals surface area contributed by atoms with Gasteiger partial charge in [0.1, 0.15) is 0 Å². The maximum absolute atomic E-state index is 11.0. The minimum absolute atomic E-state index is 0.312. The van der Waals surface area contributed by atoms with E-state index in [9.17, 15) is 8.42 Å². The molecule has 1 aromatic rings. The molecule has 0 saturated carbocycles. The molecule has 1 heterocycles. The van der Waals surface area contributed by atoms with Crippen molar-refractivity contribution in [2.75, 3.05) is 6.26 Å². The summed E-state index contributed by atoms with van der Waals surface area (Å²) in [5.41, 5.74) is 2.11. The lowest BCUT2D eigenvalue weighted by molar-refractivity contribution is 0.586. The van der Waals surface area contributed by atoms with Gasteiger partial charge in [0.15, 0.2) is 0 Å². The van der Waals surface area contributed by atoms with Gasteiger partial charge < -0.3 is 0 Å². The number of sulfonamides is 1. The Morgan fingerprint density at radius 1 is 1.50 bits per heavy atom. The molecule has 0 amide bonds. The van der Waals surface area contributed by atoms with Crippen LogP contribution in [0, 0.1) is 0 Å². The zero-order valence-corrected chi connectivity index (χ0v) is 10.7. The van der Waals surface area contributed by atoms with Crippen LogP contribution >= 0.6 is 0 Å². The van der Waals surface area contributed by atoms with Gasteiger partial charge in [-0.2, -0.15) is 0 Å². The predicted molar refractivity (Wildman–Crippen MR) is 64.6 cm³/mol. The topological polar surface area (TPSA) is 59.1 Å². The standard InChI is InChI=1S/C11H18N2O2S/c1-4-9(2)11-5-6-12-7-10(11)8-13-16(3,14)15/h5-7,9,13H,4,8H2,1-3H3. The molecule has 1 atom stereocenters. The summed E-state index contributed by atoms with van der Waals surface area (Å²) in [5.74, 6) is 0.416. The number of hydrogen-bond acceptors (Lipinski definition) is 3. The van der Waals surface area contributed by atoms with Gasteiger partial charge in [-0.1, -0.05) is 13.8 Å². The zero-order valence-electron chi connectivity index (χ0n) is 9.90. The highest BCUT2D eigenvalue weighted by atomic mass is 32.2. The Morgan fingerprint density at radius 2 is 2.19 bits per heavy atom. The number of nitrogens with zero attached hydrogens (tertiary/aromatic N) is 1. The quantitative estimate of drug-likeness (QED) is 0.854. The molecule has 0 aromatic carbocycles. The summed E-state index contributed by atoms with van der Waals surface area (Å²) in [4.78, 5) is 4.03. The Morgan fingerprint density at radius 3 is 2.75 bits per heavy atom. The second-order valence-corrected chi connectivity index (χ2v) is 5.81. The van der Waals surface area contributed by atoms with Gasteiger partial charge in [-0.3, -0.25) is 4.98 Å². The van der Waals surface area contributed by atoms with Crippen molar-refractivity contribution in [1.29, 1.82) is 0 Å². The van der Waals surface area contributed by atoms with E-state index in [1.807, 2.05) is 6.07 Å². The van der Waals surface area contributed by atoms with Crippen LogP contribution in [0.5, 0.6) is 0 Å². The summed E-state index contributed by atoms with van der Waals surface area (Å²) in [6.45, 7) is 4.55. The molecule has 1 rings (SSSR count). The lowest BCUT2D eigenvalue weighted by atomic mass is 9.95. The summed E-state index contributed by atoms with van der Waals surface area (Å²) in [6.07, 6.45) is 5.65. The average molecular weight is 242 g/mol. The minimum atomic E-state index is -3.15. The molecule has 0 aliphatic rings. The maximum Gasteiger partial charge on any atom is 0.209 e. The van der Waals surface area contributed by atoms with Crippen LogP contribution in [0.3, 0.4) is 0 Å². The largest absolute Gasteiger partial charge is 0.264 e. The van der Waals surface area contributed by atoms with E-state index < -0.39 is 10.0 Å². The van der Waals surface area contributed by atoms with Crippen molar-refractivity contribution >= 4 is 10.0 Å². The van der Waals surface area contributed by atoms with E-state index in [1.165, 1.54) is 0 Å². The summed E-state index contributed by atoms with van der Waals surface area (Å²) in [6, 6.07) is 1.95. The van der Waals surface area contributed by atoms with E-state index in [0.717, 1.165) is 23.8 Å². The van der Waals surface area contributed by atoms with Gasteiger partial charge >= 0.3 is 0 Å². The maximum atomic E-state index is 11.0. The molecule has 0 aliphatic heterocycles. The highest BCUT2D eigenvalue weighted by Crippen LogP contribution is 2.21. The van der Waals surface area contributed by atoms with Gasteiger partial charge in [0, 0.05) is 18.9 Å². The molecule has 1 aromatic heterocycles. The molecule has 0 radical (unpaired) electrons. The highest BCUT2D eigenvalue weighted by Gasteiger charge is 2.10.